The lowest BCUT2D eigenvalue weighted by molar-refractivity contribution is -0.155. The molecule has 2 fully saturated rings. The molecular weight excluding hydrogens is 492 g/mol. The van der Waals surface area contributed by atoms with Crippen LogP contribution in [0.25, 0.3) is 0 Å². The topological polar surface area (TPSA) is 113 Å². The van der Waals surface area contributed by atoms with E-state index in [1.54, 1.807) is 50.4 Å². The van der Waals surface area contributed by atoms with Crippen LogP contribution in [0, 0.1) is 11.8 Å². The minimum Gasteiger partial charge on any atom is -0.497 e. The van der Waals surface area contributed by atoms with Crippen LogP contribution in [0.4, 0.5) is 5.69 Å². The van der Waals surface area contributed by atoms with Crippen LogP contribution in [0.1, 0.15) is 38.3 Å². The lowest BCUT2D eigenvalue weighted by Crippen LogP contribution is -2.56. The van der Waals surface area contributed by atoms with Crippen molar-refractivity contribution in [1.82, 2.24) is 5.32 Å². The number of hydrogen-bond acceptors (Lipinski definition) is 9. The van der Waals surface area contributed by atoms with Gasteiger partial charge in [-0.3, -0.25) is 19.7 Å². The fraction of sp³-hybridized carbons (Fsp3) is 0.464. The Kier molecular flexibility index (Phi) is 6.92. The van der Waals surface area contributed by atoms with Crippen LogP contribution in [0.2, 0.25) is 0 Å². The number of nitrogens with one attached hydrogen (secondary N) is 1. The van der Waals surface area contributed by atoms with Crippen LogP contribution < -0.4 is 29.2 Å². The zero-order chi connectivity index (χ0) is 27.0. The summed E-state index contributed by atoms with van der Waals surface area (Å²) in [6.45, 7) is 4.59. The first kappa shape index (κ1) is 25.8. The molecule has 3 aliphatic heterocycles. The van der Waals surface area contributed by atoms with Gasteiger partial charge in [0.15, 0.2) is 11.5 Å². The van der Waals surface area contributed by atoms with Crippen LogP contribution in [-0.2, 0) is 19.1 Å². The number of carbonyl (C=O) groups is 3. The summed E-state index contributed by atoms with van der Waals surface area (Å²) in [6, 6.07) is 9.57. The second kappa shape index (κ2) is 10.2. The molecule has 3 heterocycles. The Labute approximate surface area is 221 Å². The maximum absolute atomic E-state index is 14.1. The van der Waals surface area contributed by atoms with Crippen molar-refractivity contribution in [2.24, 2.45) is 11.8 Å². The number of ether oxygens (including phenoxy) is 5. The molecule has 1 N–H and O–H groups in total. The number of carbonyl (C=O) groups excluding carboxylic acids is 3. The molecule has 2 aromatic rings. The van der Waals surface area contributed by atoms with Crippen molar-refractivity contribution in [3.8, 4) is 23.0 Å². The highest BCUT2D eigenvalue weighted by atomic mass is 16.6. The normalized spacial score (nSPS) is 25.8. The van der Waals surface area contributed by atoms with Crippen molar-refractivity contribution < 1.29 is 38.1 Å². The van der Waals surface area contributed by atoms with Crippen LogP contribution in [-0.4, -0.2) is 57.4 Å². The summed E-state index contributed by atoms with van der Waals surface area (Å²) < 4.78 is 27.8. The third-order valence-electron chi connectivity index (χ3n) is 7.50. The van der Waals surface area contributed by atoms with Crippen molar-refractivity contribution >= 4 is 23.5 Å². The van der Waals surface area contributed by atoms with Gasteiger partial charge in [0.2, 0.25) is 11.8 Å². The van der Waals surface area contributed by atoms with E-state index in [1.807, 2.05) is 6.92 Å². The van der Waals surface area contributed by atoms with Crippen molar-refractivity contribution in [2.75, 3.05) is 38.9 Å². The van der Waals surface area contributed by atoms with E-state index in [1.165, 1.54) is 12.0 Å². The maximum Gasteiger partial charge on any atom is 0.327 e. The first-order chi connectivity index (χ1) is 18.4. The van der Waals surface area contributed by atoms with Gasteiger partial charge in [-0.1, -0.05) is 19.4 Å². The molecule has 2 amide bonds. The van der Waals surface area contributed by atoms with E-state index in [0.717, 1.165) is 0 Å². The zero-order valence-corrected chi connectivity index (χ0v) is 21.9. The van der Waals surface area contributed by atoms with Gasteiger partial charge in [-0.15, -0.1) is 0 Å². The third-order valence-corrected chi connectivity index (χ3v) is 7.50. The highest BCUT2D eigenvalue weighted by Crippen LogP contribution is 2.53. The van der Waals surface area contributed by atoms with Gasteiger partial charge < -0.3 is 23.7 Å². The van der Waals surface area contributed by atoms with Crippen LogP contribution in [0.15, 0.2) is 36.4 Å². The average molecular weight is 525 g/mol. The lowest BCUT2D eigenvalue weighted by atomic mass is 9.77. The number of amides is 2. The molecule has 0 saturated carbocycles. The first-order valence-electron chi connectivity index (χ1n) is 12.8. The molecule has 0 unspecified atom stereocenters. The molecule has 38 heavy (non-hydrogen) atoms. The predicted molar refractivity (Wildman–Crippen MR) is 137 cm³/mol. The second-order valence-corrected chi connectivity index (χ2v) is 9.52. The Morgan fingerprint density at radius 2 is 1.79 bits per heavy atom. The van der Waals surface area contributed by atoms with Gasteiger partial charge in [-0.05, 0) is 31.5 Å². The molecule has 3 aliphatic rings. The van der Waals surface area contributed by atoms with E-state index >= 15 is 0 Å². The van der Waals surface area contributed by atoms with Crippen molar-refractivity contribution in [1.29, 1.82) is 0 Å². The second-order valence-electron chi connectivity index (χ2n) is 9.52. The summed E-state index contributed by atoms with van der Waals surface area (Å²) in [7, 11) is 3.08. The van der Waals surface area contributed by atoms with E-state index in [2.05, 4.69) is 5.32 Å². The lowest BCUT2D eigenvalue weighted by Gasteiger charge is -2.33. The number of methoxy groups -OCH3 is 2. The van der Waals surface area contributed by atoms with E-state index < -0.39 is 41.2 Å². The summed E-state index contributed by atoms with van der Waals surface area (Å²) in [4.78, 5) is 43.0. The van der Waals surface area contributed by atoms with E-state index in [9.17, 15) is 14.4 Å². The Morgan fingerprint density at radius 1 is 1.03 bits per heavy atom. The molecule has 2 saturated heterocycles. The smallest absolute Gasteiger partial charge is 0.327 e. The summed E-state index contributed by atoms with van der Waals surface area (Å²) in [6.07, 6.45) is 0.906. The Morgan fingerprint density at radius 3 is 2.47 bits per heavy atom. The first-order valence-corrected chi connectivity index (χ1v) is 12.8. The third kappa shape index (κ3) is 3.94. The molecule has 4 atom stereocenters. The van der Waals surface area contributed by atoms with Gasteiger partial charge in [0.25, 0.3) is 0 Å². The predicted octanol–water partition coefficient (Wildman–Crippen LogP) is 3.03. The van der Waals surface area contributed by atoms with Gasteiger partial charge in [0.05, 0.1) is 38.3 Å². The van der Waals surface area contributed by atoms with Gasteiger partial charge in [0.1, 0.15) is 30.3 Å². The summed E-state index contributed by atoms with van der Waals surface area (Å²) in [5.74, 6) is -1.18. The van der Waals surface area contributed by atoms with E-state index in [-0.39, 0.29) is 6.61 Å². The minimum absolute atomic E-state index is 0.147. The van der Waals surface area contributed by atoms with E-state index in [4.69, 9.17) is 23.7 Å². The standard InChI is InChI=1S/C28H32N2O8/c1-5-11-28(27(33)36-6-2)23-22(24(29-28)18-9-8-17(34-3)15-20(18)35-4)25(31)30(26(23)32)16-7-10-19-21(14-16)38-13-12-37-19/h7-10,14-15,22-24,29H,5-6,11-13H2,1-4H3/t22-,23+,24-,28+/m0/s1. The molecule has 0 bridgehead atoms. The minimum atomic E-state index is -1.39. The highest BCUT2D eigenvalue weighted by molar-refractivity contribution is 6.24. The molecular formula is C28H32N2O8. The quantitative estimate of drug-likeness (QED) is 0.411. The number of imide groups is 1. The zero-order valence-electron chi connectivity index (χ0n) is 21.9. The van der Waals surface area contributed by atoms with Gasteiger partial charge in [-0.25, -0.2) is 4.90 Å². The Bertz CT molecular complexity index is 1260. The number of fused-ring (bicyclic) bond motifs is 2. The number of hydrogen-bond donors (Lipinski definition) is 1. The van der Waals surface area contributed by atoms with Gasteiger partial charge in [-0.2, -0.15) is 0 Å². The fourth-order valence-electron chi connectivity index (χ4n) is 5.94. The molecule has 202 valence electrons. The molecule has 0 aliphatic carbocycles. The van der Waals surface area contributed by atoms with Crippen LogP contribution in [0.5, 0.6) is 23.0 Å². The molecule has 10 nitrogen and oxygen atoms in total. The molecule has 2 aromatic carbocycles. The van der Waals surface area contributed by atoms with Crippen molar-refractivity contribution in [2.45, 2.75) is 38.3 Å². The van der Waals surface area contributed by atoms with Crippen LogP contribution in [0.3, 0.4) is 0 Å². The van der Waals surface area contributed by atoms with Crippen molar-refractivity contribution in [3.05, 3.63) is 42.0 Å². The largest absolute Gasteiger partial charge is 0.497 e. The molecule has 0 spiro atoms. The molecule has 10 heteroatoms. The monoisotopic (exact) mass is 524 g/mol. The number of anilines is 1. The average Bonchev–Trinajstić information content (AvgIpc) is 3.41. The number of esters is 1. The molecule has 5 rings (SSSR count). The summed E-state index contributed by atoms with van der Waals surface area (Å²) >= 11 is 0. The molecule has 0 radical (unpaired) electrons. The van der Waals surface area contributed by atoms with Crippen LogP contribution >= 0.6 is 0 Å². The Balaban J connectivity index is 1.64. The Hall–Kier alpha value is -3.79. The number of benzene rings is 2. The van der Waals surface area contributed by atoms with Gasteiger partial charge in [0, 0.05) is 23.7 Å². The number of rotatable bonds is 8. The highest BCUT2D eigenvalue weighted by Gasteiger charge is 2.69. The van der Waals surface area contributed by atoms with E-state index in [0.29, 0.717) is 60.3 Å². The summed E-state index contributed by atoms with van der Waals surface area (Å²) in [5.41, 5.74) is -0.371. The van der Waals surface area contributed by atoms with Crippen molar-refractivity contribution in [3.63, 3.8) is 0 Å². The van der Waals surface area contributed by atoms with Gasteiger partial charge >= 0.3 is 5.97 Å². The number of nitrogens with zero attached hydrogens (tertiary/aromatic N) is 1. The summed E-state index contributed by atoms with van der Waals surface area (Å²) in [5, 5.41) is 3.39. The fourth-order valence-corrected chi connectivity index (χ4v) is 5.94. The SMILES string of the molecule is CCC[C@@]1(C(=O)OCC)N[C@@H](c2ccc(OC)cc2OC)[C@H]2C(=O)N(c3ccc4c(c3)OCCO4)C(=O)[C@@H]21. The maximum atomic E-state index is 14.1. The molecule has 0 aromatic heterocycles.